The number of imidazole rings is 1. The summed E-state index contributed by atoms with van der Waals surface area (Å²) in [6, 6.07) is 19.5. The molecule has 5 aromatic rings. The van der Waals surface area contributed by atoms with E-state index in [0.717, 1.165) is 21.9 Å². The number of fused-ring (bicyclic) bond motifs is 1. The Kier molecular flexibility index (Phi) is 7.93. The second-order valence-corrected chi connectivity index (χ2v) is 10.5. The van der Waals surface area contributed by atoms with E-state index in [9.17, 15) is 9.90 Å². The van der Waals surface area contributed by atoms with Crippen LogP contribution in [0.25, 0.3) is 22.0 Å². The van der Waals surface area contributed by atoms with Gasteiger partial charge >= 0.3 is 5.97 Å². The van der Waals surface area contributed by atoms with E-state index in [1.54, 1.807) is 29.1 Å². The molecule has 1 unspecified atom stereocenters. The smallest absolute Gasteiger partial charge is 0.323 e. The number of nitrogens with two attached hydrogens (primary N) is 1. The van der Waals surface area contributed by atoms with E-state index in [0.29, 0.717) is 54.6 Å². The molecule has 3 aromatic carbocycles. The third-order valence-electron chi connectivity index (χ3n) is 7.57. The van der Waals surface area contributed by atoms with Crippen LogP contribution >= 0.6 is 0 Å². The zero-order chi connectivity index (χ0) is 29.9. The van der Waals surface area contributed by atoms with Crippen molar-refractivity contribution in [3.8, 4) is 17.0 Å². The molecule has 0 bridgehead atoms. The molecule has 3 heterocycles. The number of hydrogen-bond acceptors (Lipinski definition) is 7. The molecule has 43 heavy (non-hydrogen) atoms. The molecular formula is C33H32FN5O4. The molecule has 9 nitrogen and oxygen atoms in total. The monoisotopic (exact) mass is 581 g/mol. The predicted octanol–water partition coefficient (Wildman–Crippen LogP) is 5.84. The number of carboxylic acids is 1. The minimum absolute atomic E-state index is 0.133. The summed E-state index contributed by atoms with van der Waals surface area (Å²) in [5, 5.41) is 14.9. The number of aromatic nitrogens is 3. The van der Waals surface area contributed by atoms with Crippen molar-refractivity contribution in [2.75, 3.05) is 24.3 Å². The molecule has 10 heteroatoms. The molecular weight excluding hydrogens is 549 g/mol. The molecule has 2 aromatic heterocycles. The van der Waals surface area contributed by atoms with E-state index >= 15 is 4.39 Å². The number of nitrogen functional groups attached to an aromatic ring is 1. The number of rotatable bonds is 10. The number of ether oxygens (including phenoxy) is 2. The lowest BCUT2D eigenvalue weighted by atomic mass is 9.99. The number of hydrogen-bond donors (Lipinski definition) is 3. The molecule has 0 amide bonds. The normalized spacial score (nSPS) is 15.4. The number of pyridine rings is 1. The van der Waals surface area contributed by atoms with Gasteiger partial charge in [0.2, 0.25) is 0 Å². The summed E-state index contributed by atoms with van der Waals surface area (Å²) < 4.78 is 29.6. The van der Waals surface area contributed by atoms with E-state index in [1.807, 2.05) is 61.5 Å². The van der Waals surface area contributed by atoms with Crippen LogP contribution in [0.3, 0.4) is 0 Å². The minimum atomic E-state index is -1.04. The molecule has 4 N–H and O–H groups in total. The fourth-order valence-corrected chi connectivity index (χ4v) is 5.38. The second kappa shape index (κ2) is 12.1. The van der Waals surface area contributed by atoms with Crippen LogP contribution in [0.1, 0.15) is 36.3 Å². The highest BCUT2D eigenvalue weighted by molar-refractivity contribution is 5.93. The third-order valence-corrected chi connectivity index (χ3v) is 7.57. The SMILES string of the molecule is CCc1cc(O[C@@H]2CCOC2)c(F)c(C(Nc2ccc3c(N)nccc3c2)c2nc(-c3ccccc3)cn2CC(=O)O)c1. The predicted molar refractivity (Wildman–Crippen MR) is 163 cm³/mol. The first-order valence-electron chi connectivity index (χ1n) is 14.2. The minimum Gasteiger partial charge on any atom is -0.485 e. The number of halogens is 1. The van der Waals surface area contributed by atoms with Gasteiger partial charge in [-0.15, -0.1) is 0 Å². The Morgan fingerprint density at radius 1 is 1.21 bits per heavy atom. The molecule has 6 rings (SSSR count). The fourth-order valence-electron chi connectivity index (χ4n) is 5.38. The Balaban J connectivity index is 1.52. The Morgan fingerprint density at radius 2 is 2.05 bits per heavy atom. The molecule has 1 aliphatic rings. The Morgan fingerprint density at radius 3 is 2.79 bits per heavy atom. The topological polar surface area (TPSA) is 125 Å². The number of nitrogens with zero attached hydrogens (tertiary/aromatic N) is 3. The molecule has 0 saturated carbocycles. The maximum absolute atomic E-state index is 16.5. The maximum Gasteiger partial charge on any atom is 0.323 e. The first kappa shape index (κ1) is 28.2. The lowest BCUT2D eigenvalue weighted by Crippen LogP contribution is -2.22. The molecule has 220 valence electrons. The van der Waals surface area contributed by atoms with Crippen LogP contribution in [-0.4, -0.2) is 44.9 Å². The van der Waals surface area contributed by atoms with Crippen LogP contribution in [0.15, 0.2) is 79.1 Å². The van der Waals surface area contributed by atoms with Gasteiger partial charge in [0.1, 0.15) is 30.3 Å². The van der Waals surface area contributed by atoms with Gasteiger partial charge in [0.05, 0.1) is 18.9 Å². The molecule has 1 fully saturated rings. The molecule has 0 radical (unpaired) electrons. The highest BCUT2D eigenvalue weighted by atomic mass is 19.1. The van der Waals surface area contributed by atoms with Crippen LogP contribution in [-0.2, 0) is 22.5 Å². The fraction of sp³-hybridized carbons (Fsp3) is 0.242. The number of aryl methyl sites for hydroxylation is 1. The van der Waals surface area contributed by atoms with Gasteiger partial charge < -0.3 is 30.2 Å². The van der Waals surface area contributed by atoms with Crippen molar-refractivity contribution in [1.82, 2.24) is 14.5 Å². The molecule has 1 aliphatic heterocycles. The van der Waals surface area contributed by atoms with E-state index in [4.69, 9.17) is 20.2 Å². The molecule has 0 spiro atoms. The number of benzene rings is 3. The summed E-state index contributed by atoms with van der Waals surface area (Å²) >= 11 is 0. The summed E-state index contributed by atoms with van der Waals surface area (Å²) in [5.41, 5.74) is 9.30. The Bertz CT molecular complexity index is 1770. The number of carboxylic acid groups (broad SMARTS) is 1. The quantitative estimate of drug-likeness (QED) is 0.188. The van der Waals surface area contributed by atoms with E-state index in [-0.39, 0.29) is 18.4 Å². The van der Waals surface area contributed by atoms with Gasteiger partial charge in [-0.2, -0.15) is 0 Å². The highest BCUT2D eigenvalue weighted by Gasteiger charge is 2.29. The van der Waals surface area contributed by atoms with Crippen LogP contribution < -0.4 is 15.8 Å². The number of nitrogens with one attached hydrogen (secondary N) is 1. The van der Waals surface area contributed by atoms with Crippen LogP contribution in [0, 0.1) is 5.82 Å². The van der Waals surface area contributed by atoms with E-state index in [1.165, 1.54) is 0 Å². The lowest BCUT2D eigenvalue weighted by Gasteiger charge is -2.24. The average molecular weight is 582 g/mol. The zero-order valence-electron chi connectivity index (χ0n) is 23.7. The number of carbonyl (C=O) groups is 1. The summed E-state index contributed by atoms with van der Waals surface area (Å²) in [5.74, 6) is -0.697. The lowest BCUT2D eigenvalue weighted by molar-refractivity contribution is -0.137. The largest absolute Gasteiger partial charge is 0.485 e. The van der Waals surface area contributed by atoms with Crippen molar-refractivity contribution in [3.05, 3.63) is 102 Å². The third kappa shape index (κ3) is 6.00. The standard InChI is InChI=1S/C33H32FN5O4/c1-2-20-14-26(30(34)28(15-20)43-24-11-13-42-19-24)31(37-23-8-9-25-22(16-23)10-12-36-32(25)35)33-38-27(17-39(33)18-29(40)41)21-6-4-3-5-7-21/h3-10,12,14-17,24,31,37H,2,11,13,18-19H2,1H3,(H2,35,36)(H,40,41)/t24-,31?/m1/s1. The maximum atomic E-state index is 16.5. The second-order valence-electron chi connectivity index (χ2n) is 10.5. The summed E-state index contributed by atoms with van der Waals surface area (Å²) in [6.07, 6.45) is 4.38. The van der Waals surface area contributed by atoms with Crippen molar-refractivity contribution >= 4 is 28.2 Å². The van der Waals surface area contributed by atoms with Gasteiger partial charge in [-0.3, -0.25) is 4.79 Å². The summed E-state index contributed by atoms with van der Waals surface area (Å²) in [7, 11) is 0. The Labute approximate surface area is 248 Å². The highest BCUT2D eigenvalue weighted by Crippen LogP contribution is 2.36. The number of aliphatic carboxylic acids is 1. The first-order valence-corrected chi connectivity index (χ1v) is 14.2. The average Bonchev–Trinajstić information content (AvgIpc) is 3.67. The van der Waals surface area contributed by atoms with Gasteiger partial charge in [-0.1, -0.05) is 43.3 Å². The summed E-state index contributed by atoms with van der Waals surface area (Å²) in [6.45, 7) is 2.59. The van der Waals surface area contributed by atoms with Gasteiger partial charge in [0.25, 0.3) is 0 Å². The van der Waals surface area contributed by atoms with Crippen molar-refractivity contribution < 1.29 is 23.8 Å². The van der Waals surface area contributed by atoms with Crippen LogP contribution in [0.4, 0.5) is 15.9 Å². The van der Waals surface area contributed by atoms with Crippen LogP contribution in [0.5, 0.6) is 5.75 Å². The van der Waals surface area contributed by atoms with Gasteiger partial charge in [-0.05, 0) is 47.7 Å². The van der Waals surface area contributed by atoms with E-state index in [2.05, 4.69) is 10.3 Å². The Hall–Kier alpha value is -4.96. The van der Waals surface area contributed by atoms with Gasteiger partial charge in [0, 0.05) is 41.0 Å². The summed E-state index contributed by atoms with van der Waals surface area (Å²) in [4.78, 5) is 21.0. The van der Waals surface area contributed by atoms with Crippen LogP contribution in [0.2, 0.25) is 0 Å². The molecule has 0 aliphatic carbocycles. The molecule has 1 saturated heterocycles. The van der Waals surface area contributed by atoms with Crippen molar-refractivity contribution in [3.63, 3.8) is 0 Å². The van der Waals surface area contributed by atoms with Gasteiger partial charge in [-0.25, -0.2) is 14.4 Å². The van der Waals surface area contributed by atoms with Crippen molar-refractivity contribution in [2.24, 2.45) is 0 Å². The van der Waals surface area contributed by atoms with E-state index < -0.39 is 17.8 Å². The first-order chi connectivity index (χ1) is 20.9. The van der Waals surface area contributed by atoms with Crippen molar-refractivity contribution in [2.45, 2.75) is 38.5 Å². The number of anilines is 2. The van der Waals surface area contributed by atoms with Crippen molar-refractivity contribution in [1.29, 1.82) is 0 Å². The zero-order valence-corrected chi connectivity index (χ0v) is 23.7. The van der Waals surface area contributed by atoms with Gasteiger partial charge in [0.15, 0.2) is 11.6 Å². The molecule has 2 atom stereocenters.